The van der Waals surface area contributed by atoms with Crippen molar-refractivity contribution in [3.05, 3.63) is 169 Å². The Labute approximate surface area is 293 Å². The number of aromatic nitrogens is 1. The summed E-state index contributed by atoms with van der Waals surface area (Å²) in [5.74, 6) is 0. The fourth-order valence-corrected chi connectivity index (χ4v) is 5.25. The monoisotopic (exact) mass is 599 g/mol. The molecule has 0 saturated carbocycles. The summed E-state index contributed by atoms with van der Waals surface area (Å²) in [6, 6.07) is -9.83. The third-order valence-electron chi connectivity index (χ3n) is 7.17. The van der Waals surface area contributed by atoms with Gasteiger partial charge in [-0.25, -0.2) is 0 Å². The van der Waals surface area contributed by atoms with Crippen molar-refractivity contribution in [1.82, 2.24) is 4.57 Å². The zero-order chi connectivity index (χ0) is 49.8. The fourth-order valence-electron chi connectivity index (χ4n) is 5.25. The molecule has 0 aliphatic carbocycles. The minimum atomic E-state index is -0.792. The minimum absolute atomic E-state index is 0.0353. The van der Waals surface area contributed by atoms with Gasteiger partial charge in [0.05, 0.1) is 42.6 Å². The molecule has 3 nitrogen and oxygen atoms in total. The second-order valence-electron chi connectivity index (χ2n) is 9.67. The fraction of sp³-hybridized carbons (Fsp3) is 0. The summed E-state index contributed by atoms with van der Waals surface area (Å²) in [6.07, 6.45) is 0. The van der Waals surface area contributed by atoms with Crippen molar-refractivity contribution in [1.29, 1.82) is 0 Å². The van der Waals surface area contributed by atoms with Crippen molar-refractivity contribution in [2.24, 2.45) is 0 Å². The van der Waals surface area contributed by atoms with Crippen molar-refractivity contribution in [3.8, 4) is 16.8 Å². The molecule has 0 aliphatic heterocycles. The first-order chi connectivity index (χ1) is 31.8. The third-order valence-corrected chi connectivity index (χ3v) is 7.17. The van der Waals surface area contributed by atoms with Crippen LogP contribution in [0.2, 0.25) is 0 Å². The maximum absolute atomic E-state index is 9.57. The normalized spacial score (nSPS) is 18.7. The standard InChI is InChI=1S/C42H28N2O/c1-3-11-29(12-4-1)30-19-21-32(22-20-30)43(34-23-25-37-36-16-8-10-18-41(36)45-42(37)28-34)33-24-26-40-38(27-33)35-15-7-9-17-39(35)44(40)31-13-5-2-6-14-31/h1-28H/i1D,2D,3D,4D,5D,6D,7D,8D,9D,10D,11D,12D,13D,14D,15D,16D,18D,19D,20D,23D,24D,25D,28D. The van der Waals surface area contributed by atoms with E-state index in [2.05, 4.69) is 0 Å². The van der Waals surface area contributed by atoms with Crippen LogP contribution in [0, 0.1) is 0 Å². The second-order valence-corrected chi connectivity index (χ2v) is 9.67. The van der Waals surface area contributed by atoms with Gasteiger partial charge in [-0.05, 0) is 77.7 Å². The summed E-state index contributed by atoms with van der Waals surface area (Å²) in [5.41, 5.74) is -3.62. The van der Waals surface area contributed by atoms with Crippen LogP contribution < -0.4 is 4.90 Å². The summed E-state index contributed by atoms with van der Waals surface area (Å²) in [4.78, 5) is 1.01. The van der Waals surface area contributed by atoms with Gasteiger partial charge >= 0.3 is 0 Å². The first-order valence-electron chi connectivity index (χ1n) is 24.9. The Kier molecular flexibility index (Phi) is 2.62. The lowest BCUT2D eigenvalue weighted by atomic mass is 10.0. The molecule has 2 heterocycles. The van der Waals surface area contributed by atoms with Crippen LogP contribution in [0.15, 0.2) is 174 Å². The van der Waals surface area contributed by atoms with Gasteiger partial charge in [0.2, 0.25) is 0 Å². The van der Waals surface area contributed by atoms with E-state index >= 15 is 0 Å². The van der Waals surface area contributed by atoms with Crippen molar-refractivity contribution >= 4 is 60.8 Å². The molecule has 212 valence electrons. The van der Waals surface area contributed by atoms with Crippen molar-refractivity contribution in [2.75, 3.05) is 4.90 Å². The average Bonchev–Trinajstić information content (AvgIpc) is 3.85. The molecule has 3 heteroatoms. The van der Waals surface area contributed by atoms with E-state index in [0.717, 1.165) is 33.7 Å². The van der Waals surface area contributed by atoms with Crippen LogP contribution in [0.4, 0.5) is 17.1 Å². The predicted molar refractivity (Wildman–Crippen MR) is 188 cm³/mol. The highest BCUT2D eigenvalue weighted by molar-refractivity contribution is 6.11. The molecule has 0 radical (unpaired) electrons. The number of anilines is 3. The van der Waals surface area contributed by atoms with Gasteiger partial charge in [0.25, 0.3) is 0 Å². The molecular weight excluding hydrogens is 548 g/mol. The summed E-state index contributed by atoms with van der Waals surface area (Å²) in [6.45, 7) is 0. The Balaban J connectivity index is 1.44. The molecule has 2 aromatic heterocycles. The molecule has 0 unspecified atom stereocenters. The molecule has 0 bridgehead atoms. The molecular formula is C42H28N2O. The van der Waals surface area contributed by atoms with E-state index in [4.69, 9.17) is 27.7 Å². The molecule has 7 aromatic carbocycles. The van der Waals surface area contributed by atoms with E-state index in [1.165, 1.54) is 6.07 Å². The van der Waals surface area contributed by atoms with Crippen molar-refractivity contribution < 1.29 is 35.9 Å². The van der Waals surface area contributed by atoms with Crippen LogP contribution in [-0.2, 0) is 0 Å². The predicted octanol–water partition coefficient (Wildman–Crippen LogP) is 11.8. The quantitative estimate of drug-likeness (QED) is 0.196. The molecule has 0 saturated heterocycles. The van der Waals surface area contributed by atoms with Gasteiger partial charge in [-0.3, -0.25) is 0 Å². The molecule has 0 aliphatic rings. The molecule has 0 amide bonds. The molecule has 0 spiro atoms. The SMILES string of the molecule is [2H]c1cc2c(cc1N(c1cc([2H])c(-c3c([2H])c([2H])c([2H])c([2H])c3[2H])c([2H])c1)c1c([2H])c([2H])c3c(oc4c([2H])c([2H])c([2H])c([2H])c43)c1[2H])c1c([2H])c([2H])c([2H])cc1n2-c1c([2H])c([2H])c([2H])c([2H])c1[2H]. The van der Waals surface area contributed by atoms with Gasteiger partial charge in [-0.15, -0.1) is 0 Å². The molecule has 0 fully saturated rings. The number of para-hydroxylation sites is 3. The number of hydrogen-bond acceptors (Lipinski definition) is 2. The van der Waals surface area contributed by atoms with Crippen LogP contribution in [0.5, 0.6) is 0 Å². The van der Waals surface area contributed by atoms with E-state index in [1.54, 1.807) is 0 Å². The molecule has 9 rings (SSSR count). The lowest BCUT2D eigenvalue weighted by Crippen LogP contribution is -2.09. The lowest BCUT2D eigenvalue weighted by molar-refractivity contribution is 0.669. The molecule has 45 heavy (non-hydrogen) atoms. The number of furan rings is 1. The summed E-state index contributed by atoms with van der Waals surface area (Å²) in [7, 11) is 0. The maximum Gasteiger partial charge on any atom is 0.137 e. The minimum Gasteiger partial charge on any atom is -0.456 e. The highest BCUT2D eigenvalue weighted by atomic mass is 16.3. The first kappa shape index (κ1) is 11.5. The number of benzene rings is 7. The van der Waals surface area contributed by atoms with E-state index in [1.807, 2.05) is 0 Å². The summed E-state index contributed by atoms with van der Waals surface area (Å²) in [5, 5.41) is -0.776. The molecule has 0 N–H and O–H groups in total. The number of rotatable bonds is 5. The first-order valence-corrected chi connectivity index (χ1v) is 13.4. The zero-order valence-corrected chi connectivity index (χ0v) is 22.7. The van der Waals surface area contributed by atoms with Gasteiger partial charge in [-0.2, -0.15) is 0 Å². The van der Waals surface area contributed by atoms with E-state index in [9.17, 15) is 8.22 Å². The third kappa shape index (κ3) is 4.21. The summed E-state index contributed by atoms with van der Waals surface area (Å²) < 4.78 is 207. The molecule has 9 aromatic rings. The second kappa shape index (κ2) is 10.3. The Morgan fingerprint density at radius 2 is 1.13 bits per heavy atom. The van der Waals surface area contributed by atoms with Crippen LogP contribution in [-0.4, -0.2) is 4.57 Å². The Bertz CT molecular complexity index is 3720. The van der Waals surface area contributed by atoms with E-state index in [0.29, 0.717) is 0 Å². The largest absolute Gasteiger partial charge is 0.456 e. The number of fused-ring (bicyclic) bond motifs is 6. The lowest BCUT2D eigenvalue weighted by Gasteiger charge is -2.26. The Morgan fingerprint density at radius 3 is 1.98 bits per heavy atom. The Morgan fingerprint density at radius 1 is 0.467 bits per heavy atom. The maximum atomic E-state index is 9.57. The van der Waals surface area contributed by atoms with Crippen LogP contribution in [0.1, 0.15) is 31.5 Å². The van der Waals surface area contributed by atoms with Gasteiger partial charge in [-0.1, -0.05) is 96.7 Å². The van der Waals surface area contributed by atoms with Gasteiger partial charge < -0.3 is 13.9 Å². The van der Waals surface area contributed by atoms with Gasteiger partial charge in [0.15, 0.2) is 0 Å². The highest BCUT2D eigenvalue weighted by Crippen LogP contribution is 2.42. The highest BCUT2D eigenvalue weighted by Gasteiger charge is 2.19. The topological polar surface area (TPSA) is 21.3 Å². The van der Waals surface area contributed by atoms with Crippen molar-refractivity contribution in [2.45, 2.75) is 0 Å². The number of nitrogens with zero attached hydrogens (tertiary/aromatic N) is 2. The van der Waals surface area contributed by atoms with Crippen LogP contribution in [0.25, 0.3) is 60.6 Å². The Hall–Kier alpha value is -6.06. The van der Waals surface area contributed by atoms with Gasteiger partial charge in [0, 0.05) is 50.3 Å². The average molecular weight is 600 g/mol. The van der Waals surface area contributed by atoms with E-state index in [-0.39, 0.29) is 44.0 Å². The number of hydrogen-bond donors (Lipinski definition) is 0. The molecule has 0 atom stereocenters. The summed E-state index contributed by atoms with van der Waals surface area (Å²) >= 11 is 0. The van der Waals surface area contributed by atoms with Crippen molar-refractivity contribution in [3.63, 3.8) is 0 Å². The smallest absolute Gasteiger partial charge is 0.137 e. The van der Waals surface area contributed by atoms with Crippen LogP contribution in [0.3, 0.4) is 0 Å². The van der Waals surface area contributed by atoms with Gasteiger partial charge in [0.1, 0.15) is 11.2 Å². The van der Waals surface area contributed by atoms with E-state index < -0.39 is 173 Å². The zero-order valence-electron chi connectivity index (χ0n) is 45.7. The van der Waals surface area contributed by atoms with Crippen LogP contribution >= 0.6 is 0 Å².